The molecule has 0 aliphatic carbocycles. The van der Waals surface area contributed by atoms with Crippen LogP contribution in [0.15, 0.2) is 77.3 Å². The zero-order valence-electron chi connectivity index (χ0n) is 15.4. The maximum atomic E-state index is 12.5. The molecule has 0 radical (unpaired) electrons. The van der Waals surface area contributed by atoms with Gasteiger partial charge >= 0.3 is 5.97 Å². The number of esters is 1. The number of hydrogen-bond donors (Lipinski definition) is 0. The van der Waals surface area contributed by atoms with Gasteiger partial charge < -0.3 is 9.47 Å². The second kappa shape index (κ2) is 9.33. The Morgan fingerprint density at radius 2 is 1.61 bits per heavy atom. The van der Waals surface area contributed by atoms with Crippen molar-refractivity contribution in [3.8, 4) is 11.5 Å². The Morgan fingerprint density at radius 1 is 0.893 bits per heavy atom. The van der Waals surface area contributed by atoms with E-state index in [2.05, 4.69) is 28.1 Å². The summed E-state index contributed by atoms with van der Waals surface area (Å²) in [4.78, 5) is 24.1. The summed E-state index contributed by atoms with van der Waals surface area (Å²) in [7, 11) is 0. The molecule has 0 bridgehead atoms. The number of para-hydroxylation sites is 1. The molecule has 4 nitrogen and oxygen atoms in total. The van der Waals surface area contributed by atoms with Crippen molar-refractivity contribution in [2.45, 2.75) is 13.3 Å². The van der Waals surface area contributed by atoms with Crippen molar-refractivity contribution in [2.24, 2.45) is 0 Å². The van der Waals surface area contributed by atoms with E-state index in [1.165, 1.54) is 12.5 Å². The Bertz CT molecular complexity index is 983. The molecule has 0 saturated carbocycles. The van der Waals surface area contributed by atoms with Crippen LogP contribution in [0.1, 0.15) is 33.2 Å². The van der Waals surface area contributed by atoms with E-state index in [1.54, 1.807) is 42.5 Å². The molecule has 0 atom stereocenters. The highest BCUT2D eigenvalue weighted by Gasteiger charge is 2.15. The molecule has 3 aromatic carbocycles. The van der Waals surface area contributed by atoms with Crippen molar-refractivity contribution in [1.82, 2.24) is 0 Å². The van der Waals surface area contributed by atoms with Crippen LogP contribution in [0.4, 0.5) is 0 Å². The van der Waals surface area contributed by atoms with Gasteiger partial charge in [0.1, 0.15) is 11.5 Å². The van der Waals surface area contributed by atoms with Crippen LogP contribution >= 0.6 is 15.9 Å². The van der Waals surface area contributed by atoms with E-state index in [9.17, 15) is 9.59 Å². The summed E-state index contributed by atoms with van der Waals surface area (Å²) in [6.45, 7) is 1.96. The Kier molecular flexibility index (Phi) is 6.61. The number of rotatable bonds is 7. The third-order valence-corrected chi connectivity index (χ3v) is 4.75. The maximum Gasteiger partial charge on any atom is 0.343 e. The predicted octanol–water partition coefficient (Wildman–Crippen LogP) is 5.49. The smallest absolute Gasteiger partial charge is 0.343 e. The molecule has 142 valence electrons. The molecule has 0 unspecified atom stereocenters. The SMILES string of the molecule is CC(=O)c1ccccc1OC(=O)c1ccc(OCCc2ccccc2)c(Br)c1. The van der Waals surface area contributed by atoms with Crippen molar-refractivity contribution < 1.29 is 19.1 Å². The fourth-order valence-corrected chi connectivity index (χ4v) is 3.17. The quantitative estimate of drug-likeness (QED) is 0.278. The molecule has 5 heteroatoms. The van der Waals surface area contributed by atoms with E-state index in [-0.39, 0.29) is 11.5 Å². The largest absolute Gasteiger partial charge is 0.492 e. The Balaban J connectivity index is 1.65. The average Bonchev–Trinajstić information content (AvgIpc) is 2.70. The third kappa shape index (κ3) is 5.08. The van der Waals surface area contributed by atoms with Crippen LogP contribution in [0, 0.1) is 0 Å². The lowest BCUT2D eigenvalue weighted by molar-refractivity contribution is 0.0732. The van der Waals surface area contributed by atoms with E-state index in [0.717, 1.165) is 6.42 Å². The second-order valence-corrected chi connectivity index (χ2v) is 7.03. The molecule has 3 aromatic rings. The molecule has 0 heterocycles. The minimum Gasteiger partial charge on any atom is -0.492 e. The minimum absolute atomic E-state index is 0.160. The van der Waals surface area contributed by atoms with E-state index in [4.69, 9.17) is 9.47 Å². The van der Waals surface area contributed by atoms with Crippen molar-refractivity contribution in [3.05, 3.63) is 94.0 Å². The van der Waals surface area contributed by atoms with Gasteiger partial charge in [0.2, 0.25) is 0 Å². The zero-order chi connectivity index (χ0) is 19.9. The first-order chi connectivity index (χ1) is 13.5. The molecule has 0 aliphatic rings. The molecule has 0 saturated heterocycles. The molecular weight excluding hydrogens is 420 g/mol. The number of ketones is 1. The first-order valence-electron chi connectivity index (χ1n) is 8.83. The van der Waals surface area contributed by atoms with Crippen LogP contribution in [-0.2, 0) is 6.42 Å². The topological polar surface area (TPSA) is 52.6 Å². The van der Waals surface area contributed by atoms with Gasteiger partial charge in [-0.15, -0.1) is 0 Å². The number of ether oxygens (including phenoxy) is 2. The summed E-state index contributed by atoms with van der Waals surface area (Å²) in [5.74, 6) is 0.202. The first kappa shape index (κ1) is 19.8. The van der Waals surface area contributed by atoms with Crippen molar-refractivity contribution >= 4 is 27.7 Å². The van der Waals surface area contributed by atoms with Gasteiger partial charge in [-0.25, -0.2) is 4.79 Å². The number of benzene rings is 3. The highest BCUT2D eigenvalue weighted by Crippen LogP contribution is 2.27. The molecule has 0 aromatic heterocycles. The summed E-state index contributed by atoms with van der Waals surface area (Å²) in [6, 6.07) is 21.8. The highest BCUT2D eigenvalue weighted by atomic mass is 79.9. The molecule has 3 rings (SSSR count). The van der Waals surface area contributed by atoms with Crippen LogP contribution in [-0.4, -0.2) is 18.4 Å². The normalized spacial score (nSPS) is 10.4. The standard InChI is InChI=1S/C23H19BrO4/c1-16(25)19-9-5-6-10-21(19)28-23(26)18-11-12-22(20(24)15-18)27-14-13-17-7-3-2-4-8-17/h2-12,15H,13-14H2,1H3. The summed E-state index contributed by atoms with van der Waals surface area (Å²) < 4.78 is 11.9. The summed E-state index contributed by atoms with van der Waals surface area (Å²) in [6.07, 6.45) is 0.791. The Hall–Kier alpha value is -2.92. The second-order valence-electron chi connectivity index (χ2n) is 6.17. The molecular formula is C23H19BrO4. The fraction of sp³-hybridized carbons (Fsp3) is 0.130. The average molecular weight is 439 g/mol. The highest BCUT2D eigenvalue weighted by molar-refractivity contribution is 9.10. The Labute approximate surface area is 172 Å². The van der Waals surface area contributed by atoms with Gasteiger partial charge in [-0.2, -0.15) is 0 Å². The monoisotopic (exact) mass is 438 g/mol. The number of halogens is 1. The van der Waals surface area contributed by atoms with Crippen LogP contribution < -0.4 is 9.47 Å². The van der Waals surface area contributed by atoms with Gasteiger partial charge in [0.15, 0.2) is 5.78 Å². The molecule has 0 N–H and O–H groups in total. The van der Waals surface area contributed by atoms with E-state index in [1.807, 2.05) is 18.2 Å². The molecule has 0 amide bonds. The van der Waals surface area contributed by atoms with Crippen molar-refractivity contribution in [2.75, 3.05) is 6.61 Å². The summed E-state index contributed by atoms with van der Waals surface area (Å²) in [5.41, 5.74) is 1.93. The van der Waals surface area contributed by atoms with Gasteiger partial charge in [-0.05, 0) is 58.7 Å². The Morgan fingerprint density at radius 3 is 2.32 bits per heavy atom. The van der Waals surface area contributed by atoms with E-state index >= 15 is 0 Å². The van der Waals surface area contributed by atoms with Crippen LogP contribution in [0.2, 0.25) is 0 Å². The third-order valence-electron chi connectivity index (χ3n) is 4.13. The van der Waals surface area contributed by atoms with Crippen LogP contribution in [0.5, 0.6) is 11.5 Å². The number of hydrogen-bond acceptors (Lipinski definition) is 4. The summed E-state index contributed by atoms with van der Waals surface area (Å²) >= 11 is 3.44. The van der Waals surface area contributed by atoms with E-state index in [0.29, 0.717) is 28.0 Å². The number of Topliss-reactive ketones (excluding diaryl/α,β-unsaturated/α-hetero) is 1. The predicted molar refractivity (Wildman–Crippen MR) is 111 cm³/mol. The number of carbonyl (C=O) groups is 2. The lowest BCUT2D eigenvalue weighted by Gasteiger charge is -2.11. The van der Waals surface area contributed by atoms with Gasteiger partial charge in [0, 0.05) is 6.42 Å². The maximum absolute atomic E-state index is 12.5. The molecule has 0 aliphatic heterocycles. The van der Waals surface area contributed by atoms with Crippen molar-refractivity contribution in [1.29, 1.82) is 0 Å². The van der Waals surface area contributed by atoms with E-state index < -0.39 is 5.97 Å². The lowest BCUT2D eigenvalue weighted by Crippen LogP contribution is -2.11. The number of carbonyl (C=O) groups excluding carboxylic acids is 2. The molecule has 0 spiro atoms. The first-order valence-corrected chi connectivity index (χ1v) is 9.62. The molecule has 28 heavy (non-hydrogen) atoms. The van der Waals surface area contributed by atoms with Gasteiger partial charge in [-0.1, -0.05) is 42.5 Å². The van der Waals surface area contributed by atoms with Gasteiger partial charge in [-0.3, -0.25) is 4.79 Å². The summed E-state index contributed by atoms with van der Waals surface area (Å²) in [5, 5.41) is 0. The lowest BCUT2D eigenvalue weighted by atomic mass is 10.1. The van der Waals surface area contributed by atoms with Gasteiger partial charge in [0.25, 0.3) is 0 Å². The van der Waals surface area contributed by atoms with Gasteiger partial charge in [0.05, 0.1) is 22.2 Å². The van der Waals surface area contributed by atoms with Crippen LogP contribution in [0.25, 0.3) is 0 Å². The zero-order valence-corrected chi connectivity index (χ0v) is 16.9. The van der Waals surface area contributed by atoms with Crippen molar-refractivity contribution in [3.63, 3.8) is 0 Å². The van der Waals surface area contributed by atoms with Crippen LogP contribution in [0.3, 0.4) is 0 Å². The minimum atomic E-state index is -0.537. The molecule has 0 fully saturated rings. The fourth-order valence-electron chi connectivity index (χ4n) is 2.67.